The third kappa shape index (κ3) is 4.71. The fourth-order valence-corrected chi connectivity index (χ4v) is 9.83. The maximum absolute atomic E-state index is 2.39. The molecule has 0 heterocycles. The van der Waals surface area contributed by atoms with Gasteiger partial charge in [0.15, 0.2) is 0 Å². The molecule has 0 bridgehead atoms. The van der Waals surface area contributed by atoms with Gasteiger partial charge in [0.05, 0.1) is 0 Å². The molecule has 0 unspecified atom stereocenters. The van der Waals surface area contributed by atoms with Crippen LogP contribution in [-0.2, 0) is 5.41 Å². The van der Waals surface area contributed by atoms with Crippen LogP contribution in [0.25, 0.3) is 98.7 Å². The van der Waals surface area contributed by atoms with Gasteiger partial charge in [-0.05, 0) is 110 Å². The molecule has 0 radical (unpaired) electrons. The van der Waals surface area contributed by atoms with Gasteiger partial charge in [-0.15, -0.1) is 0 Å². The minimum atomic E-state index is -0.117. The fraction of sp³-hybridized carbons (Fsp3) is 0.0545. The first-order valence-electron chi connectivity index (χ1n) is 19.4. The van der Waals surface area contributed by atoms with Gasteiger partial charge in [-0.25, -0.2) is 0 Å². The van der Waals surface area contributed by atoms with E-state index < -0.39 is 0 Å². The van der Waals surface area contributed by atoms with Crippen molar-refractivity contribution in [1.29, 1.82) is 0 Å². The number of benzene rings is 10. The van der Waals surface area contributed by atoms with E-state index in [1.54, 1.807) is 0 Å². The lowest BCUT2D eigenvalue weighted by Crippen LogP contribution is -2.16. The average Bonchev–Trinajstić information content (AvgIpc) is 3.49. The summed E-state index contributed by atoms with van der Waals surface area (Å²) in [4.78, 5) is 0. The zero-order valence-electron chi connectivity index (χ0n) is 31.0. The van der Waals surface area contributed by atoms with Gasteiger partial charge in [0.2, 0.25) is 0 Å². The lowest BCUT2D eigenvalue weighted by atomic mass is 9.78. The number of hydrogen-bond donors (Lipinski definition) is 0. The van der Waals surface area contributed by atoms with Crippen molar-refractivity contribution in [1.82, 2.24) is 0 Å². The van der Waals surface area contributed by atoms with Crippen LogP contribution in [0.4, 0.5) is 0 Å². The van der Waals surface area contributed by atoms with E-state index in [4.69, 9.17) is 0 Å². The number of rotatable bonds is 4. The lowest BCUT2D eigenvalue weighted by molar-refractivity contribution is 0.662. The third-order valence-electron chi connectivity index (χ3n) is 12.3. The molecule has 0 N–H and O–H groups in total. The van der Waals surface area contributed by atoms with Crippen LogP contribution in [0.2, 0.25) is 0 Å². The van der Waals surface area contributed by atoms with Gasteiger partial charge in [-0.3, -0.25) is 0 Å². The molecular weight excluding hydrogens is 661 g/mol. The van der Waals surface area contributed by atoms with Crippen molar-refractivity contribution in [2.75, 3.05) is 0 Å². The maximum Gasteiger partial charge on any atom is 0.0165 e. The van der Waals surface area contributed by atoms with Gasteiger partial charge in [-0.2, -0.15) is 0 Å². The highest BCUT2D eigenvalue weighted by molar-refractivity contribution is 6.23. The Labute approximate surface area is 322 Å². The Morgan fingerprint density at radius 1 is 0.273 bits per heavy atom. The van der Waals surface area contributed by atoms with Gasteiger partial charge in [-0.1, -0.05) is 208 Å². The van der Waals surface area contributed by atoms with E-state index in [1.807, 2.05) is 0 Å². The summed E-state index contributed by atoms with van der Waals surface area (Å²) in [5.74, 6) is 0. The molecular formula is C55H38. The molecule has 0 aliphatic heterocycles. The van der Waals surface area contributed by atoms with Gasteiger partial charge in [0.25, 0.3) is 0 Å². The number of fused-ring (bicyclic) bond motifs is 8. The van der Waals surface area contributed by atoms with Crippen molar-refractivity contribution in [3.63, 3.8) is 0 Å². The molecule has 258 valence electrons. The molecule has 1 aliphatic carbocycles. The lowest BCUT2D eigenvalue weighted by Gasteiger charge is -2.25. The zero-order chi connectivity index (χ0) is 36.7. The van der Waals surface area contributed by atoms with Crippen molar-refractivity contribution < 1.29 is 0 Å². The minimum absolute atomic E-state index is 0.117. The molecule has 0 amide bonds. The van der Waals surface area contributed by atoms with Gasteiger partial charge in [0.1, 0.15) is 0 Å². The van der Waals surface area contributed by atoms with E-state index in [9.17, 15) is 0 Å². The van der Waals surface area contributed by atoms with Crippen LogP contribution < -0.4 is 0 Å². The molecule has 0 saturated carbocycles. The van der Waals surface area contributed by atoms with E-state index >= 15 is 0 Å². The zero-order valence-corrected chi connectivity index (χ0v) is 31.0. The molecule has 10 aromatic carbocycles. The van der Waals surface area contributed by atoms with Gasteiger partial charge in [0, 0.05) is 5.41 Å². The Hall–Kier alpha value is -6.76. The van der Waals surface area contributed by atoms with Crippen molar-refractivity contribution >= 4 is 43.1 Å². The van der Waals surface area contributed by atoms with Crippen LogP contribution in [-0.4, -0.2) is 0 Å². The normalized spacial score (nSPS) is 13.1. The molecule has 0 atom stereocenters. The summed E-state index contributed by atoms with van der Waals surface area (Å²) < 4.78 is 0. The summed E-state index contributed by atoms with van der Waals surface area (Å²) in [6.07, 6.45) is 0. The summed E-state index contributed by atoms with van der Waals surface area (Å²) in [7, 11) is 0. The monoisotopic (exact) mass is 698 g/mol. The molecule has 10 aromatic rings. The fourth-order valence-electron chi connectivity index (χ4n) is 9.83. The van der Waals surface area contributed by atoms with Crippen LogP contribution in [0.5, 0.6) is 0 Å². The second kappa shape index (κ2) is 12.1. The second-order valence-corrected chi connectivity index (χ2v) is 15.6. The topological polar surface area (TPSA) is 0 Å². The molecule has 0 saturated heterocycles. The summed E-state index contributed by atoms with van der Waals surface area (Å²) >= 11 is 0. The van der Waals surface area contributed by atoms with E-state index in [2.05, 4.69) is 208 Å². The molecule has 11 rings (SSSR count). The quantitative estimate of drug-likeness (QED) is 0.161. The molecule has 0 spiro atoms. The van der Waals surface area contributed by atoms with E-state index in [1.165, 1.54) is 110 Å². The Kier molecular flexibility index (Phi) is 7.00. The predicted molar refractivity (Wildman–Crippen MR) is 236 cm³/mol. The smallest absolute Gasteiger partial charge is 0.0165 e. The van der Waals surface area contributed by atoms with Crippen LogP contribution in [0.1, 0.15) is 25.0 Å². The highest BCUT2D eigenvalue weighted by Gasteiger charge is 2.38. The predicted octanol–water partition coefficient (Wildman–Crippen LogP) is 15.3. The van der Waals surface area contributed by atoms with Gasteiger partial charge >= 0.3 is 0 Å². The summed E-state index contributed by atoms with van der Waals surface area (Å²) in [5.41, 5.74) is 15.6. The molecule has 0 nitrogen and oxygen atoms in total. The average molecular weight is 699 g/mol. The first-order chi connectivity index (χ1) is 27.1. The summed E-state index contributed by atoms with van der Waals surface area (Å²) in [6, 6.07) is 72.0. The summed E-state index contributed by atoms with van der Waals surface area (Å²) in [5, 5.41) is 10.2. The van der Waals surface area contributed by atoms with Crippen LogP contribution in [0.3, 0.4) is 0 Å². The highest BCUT2D eigenvalue weighted by atomic mass is 14.4. The van der Waals surface area contributed by atoms with E-state index in [0.29, 0.717) is 0 Å². The standard InChI is InChI=1S/C55H38/c1-55(2)50-34-33-36-16-4-6-19-40(36)53(50)49-28-14-26-41(54(49)55)37-29-31-38(32-30-37)51-45-22-9-11-24-47(45)52(48-25-12-10-23-46(48)51)44-21-8-7-20-43(44)42-27-13-17-35-15-3-5-18-39(35)42/h3-34H,1-2H3. The molecule has 55 heavy (non-hydrogen) atoms. The van der Waals surface area contributed by atoms with Crippen LogP contribution in [0, 0.1) is 0 Å². The molecule has 0 aromatic heterocycles. The SMILES string of the molecule is CC1(C)c2ccc3ccccc3c2-c2cccc(-c3ccc(-c4c5ccccc5c(-c5ccccc5-c5cccc6ccccc56)c5ccccc45)cc3)c21. The molecule has 0 fully saturated rings. The van der Waals surface area contributed by atoms with Crippen molar-refractivity contribution in [3.8, 4) is 55.6 Å². The Balaban J connectivity index is 1.09. The Bertz CT molecular complexity index is 3100. The van der Waals surface area contributed by atoms with Gasteiger partial charge < -0.3 is 0 Å². The van der Waals surface area contributed by atoms with Crippen LogP contribution >= 0.6 is 0 Å². The second-order valence-electron chi connectivity index (χ2n) is 15.6. The first kappa shape index (κ1) is 31.7. The molecule has 0 heteroatoms. The van der Waals surface area contributed by atoms with Crippen molar-refractivity contribution in [2.24, 2.45) is 0 Å². The van der Waals surface area contributed by atoms with Crippen molar-refractivity contribution in [3.05, 3.63) is 205 Å². The Morgan fingerprint density at radius 2 is 0.727 bits per heavy atom. The van der Waals surface area contributed by atoms with E-state index in [0.717, 1.165) is 0 Å². The maximum atomic E-state index is 2.39. The summed E-state index contributed by atoms with van der Waals surface area (Å²) in [6.45, 7) is 4.78. The highest BCUT2D eigenvalue weighted by Crippen LogP contribution is 2.54. The van der Waals surface area contributed by atoms with Crippen molar-refractivity contribution in [2.45, 2.75) is 19.3 Å². The van der Waals surface area contributed by atoms with Crippen LogP contribution in [0.15, 0.2) is 194 Å². The molecule has 1 aliphatic rings. The van der Waals surface area contributed by atoms with E-state index in [-0.39, 0.29) is 5.41 Å². The minimum Gasteiger partial charge on any atom is -0.0616 e. The largest absolute Gasteiger partial charge is 0.0616 e. The third-order valence-corrected chi connectivity index (χ3v) is 12.3. The first-order valence-corrected chi connectivity index (χ1v) is 19.4. The Morgan fingerprint density at radius 3 is 1.42 bits per heavy atom. The number of hydrogen-bond acceptors (Lipinski definition) is 0.